The topological polar surface area (TPSA) is 45.0 Å². The summed E-state index contributed by atoms with van der Waals surface area (Å²) in [7, 11) is 0. The lowest BCUT2D eigenvalue weighted by Gasteiger charge is -2.22. The first-order chi connectivity index (χ1) is 8.79. The van der Waals surface area contributed by atoms with Gasteiger partial charge in [-0.15, -0.1) is 0 Å². The Bertz CT molecular complexity index is 431. The van der Waals surface area contributed by atoms with Crippen LogP contribution >= 0.6 is 0 Å². The molecule has 1 unspecified atom stereocenters. The number of rotatable bonds is 4. The van der Waals surface area contributed by atoms with Gasteiger partial charge in [0.1, 0.15) is 0 Å². The number of aryl methyl sites for hydroxylation is 1. The fourth-order valence-corrected chi connectivity index (χ4v) is 2.31. The first-order valence-electron chi connectivity index (χ1n) is 6.66. The minimum absolute atomic E-state index is 0.422. The SMILES string of the molecule is Cc1cc(NCCC2CCCCO2)ccc1C#N. The molecule has 1 atom stereocenters. The molecule has 3 heteroatoms. The van der Waals surface area contributed by atoms with Gasteiger partial charge in [0.15, 0.2) is 0 Å². The predicted molar refractivity (Wildman–Crippen MR) is 72.6 cm³/mol. The monoisotopic (exact) mass is 244 g/mol. The van der Waals surface area contributed by atoms with Crippen molar-refractivity contribution in [3.05, 3.63) is 29.3 Å². The molecule has 0 radical (unpaired) electrons. The average Bonchev–Trinajstić information content (AvgIpc) is 2.40. The molecule has 0 amide bonds. The summed E-state index contributed by atoms with van der Waals surface area (Å²) < 4.78 is 5.69. The van der Waals surface area contributed by atoms with E-state index in [1.807, 2.05) is 25.1 Å². The van der Waals surface area contributed by atoms with Crippen molar-refractivity contribution in [3.63, 3.8) is 0 Å². The molecule has 2 rings (SSSR count). The van der Waals surface area contributed by atoms with Crippen LogP contribution in [0.3, 0.4) is 0 Å². The van der Waals surface area contributed by atoms with Gasteiger partial charge in [0.05, 0.1) is 17.7 Å². The first kappa shape index (κ1) is 12.9. The lowest BCUT2D eigenvalue weighted by molar-refractivity contribution is 0.0134. The summed E-state index contributed by atoms with van der Waals surface area (Å²) >= 11 is 0. The van der Waals surface area contributed by atoms with Crippen LogP contribution in [0.15, 0.2) is 18.2 Å². The molecule has 1 aromatic rings. The van der Waals surface area contributed by atoms with Crippen molar-refractivity contribution in [1.29, 1.82) is 5.26 Å². The van der Waals surface area contributed by atoms with E-state index in [4.69, 9.17) is 10.00 Å². The molecule has 0 spiro atoms. The molecule has 1 N–H and O–H groups in total. The molecule has 3 nitrogen and oxygen atoms in total. The minimum atomic E-state index is 0.422. The van der Waals surface area contributed by atoms with E-state index in [2.05, 4.69) is 11.4 Å². The van der Waals surface area contributed by atoms with Crippen molar-refractivity contribution in [3.8, 4) is 6.07 Å². The molecular weight excluding hydrogens is 224 g/mol. The number of nitriles is 1. The first-order valence-corrected chi connectivity index (χ1v) is 6.66. The lowest BCUT2D eigenvalue weighted by Crippen LogP contribution is -2.21. The fourth-order valence-electron chi connectivity index (χ4n) is 2.31. The molecule has 1 aliphatic rings. The van der Waals surface area contributed by atoms with Crippen LogP contribution in [0.5, 0.6) is 0 Å². The normalized spacial score (nSPS) is 19.2. The number of hydrogen-bond acceptors (Lipinski definition) is 3. The van der Waals surface area contributed by atoms with E-state index in [-0.39, 0.29) is 0 Å². The van der Waals surface area contributed by atoms with Crippen LogP contribution < -0.4 is 5.32 Å². The molecule has 96 valence electrons. The molecule has 0 saturated carbocycles. The van der Waals surface area contributed by atoms with Crippen molar-refractivity contribution in [2.45, 2.75) is 38.7 Å². The van der Waals surface area contributed by atoms with Crippen molar-refractivity contribution in [2.24, 2.45) is 0 Å². The van der Waals surface area contributed by atoms with Crippen molar-refractivity contribution >= 4 is 5.69 Å². The zero-order valence-electron chi connectivity index (χ0n) is 10.9. The number of anilines is 1. The highest BCUT2D eigenvalue weighted by atomic mass is 16.5. The second-order valence-electron chi connectivity index (χ2n) is 4.85. The summed E-state index contributed by atoms with van der Waals surface area (Å²) in [6, 6.07) is 8.05. The molecule has 1 saturated heterocycles. The van der Waals surface area contributed by atoms with Crippen molar-refractivity contribution < 1.29 is 4.74 Å². The number of hydrogen-bond donors (Lipinski definition) is 1. The van der Waals surface area contributed by atoms with Crippen LogP contribution in [-0.4, -0.2) is 19.3 Å². The summed E-state index contributed by atoms with van der Waals surface area (Å²) in [6.45, 7) is 3.81. The van der Waals surface area contributed by atoms with E-state index < -0.39 is 0 Å². The van der Waals surface area contributed by atoms with Crippen LogP contribution in [0.4, 0.5) is 5.69 Å². The van der Waals surface area contributed by atoms with Gasteiger partial charge in [-0.2, -0.15) is 5.26 Å². The minimum Gasteiger partial charge on any atom is -0.385 e. The summed E-state index contributed by atoms with van der Waals surface area (Å²) in [5.41, 5.74) is 2.86. The second-order valence-corrected chi connectivity index (χ2v) is 4.85. The summed E-state index contributed by atoms with van der Waals surface area (Å²) in [5, 5.41) is 12.3. The van der Waals surface area contributed by atoms with E-state index in [0.29, 0.717) is 6.10 Å². The highest BCUT2D eigenvalue weighted by Crippen LogP contribution is 2.17. The maximum absolute atomic E-state index is 8.87. The van der Waals surface area contributed by atoms with Gasteiger partial charge in [-0.1, -0.05) is 0 Å². The highest BCUT2D eigenvalue weighted by molar-refractivity contribution is 5.51. The Morgan fingerprint density at radius 1 is 1.44 bits per heavy atom. The van der Waals surface area contributed by atoms with Gasteiger partial charge in [0, 0.05) is 18.8 Å². The van der Waals surface area contributed by atoms with Crippen LogP contribution in [0.25, 0.3) is 0 Å². The third-order valence-corrected chi connectivity index (χ3v) is 3.42. The van der Waals surface area contributed by atoms with Gasteiger partial charge in [-0.05, 0) is 56.4 Å². The van der Waals surface area contributed by atoms with Gasteiger partial charge in [-0.3, -0.25) is 0 Å². The second kappa shape index (κ2) is 6.42. The molecule has 0 aromatic heterocycles. The van der Waals surface area contributed by atoms with E-state index >= 15 is 0 Å². The van der Waals surface area contributed by atoms with E-state index in [1.54, 1.807) is 0 Å². The molecule has 1 aliphatic heterocycles. The molecule has 0 bridgehead atoms. The van der Waals surface area contributed by atoms with Gasteiger partial charge in [-0.25, -0.2) is 0 Å². The predicted octanol–water partition coefficient (Wildman–Crippen LogP) is 3.24. The number of nitrogens with zero attached hydrogens (tertiary/aromatic N) is 1. The number of benzene rings is 1. The third kappa shape index (κ3) is 3.48. The van der Waals surface area contributed by atoms with Crippen LogP contribution in [-0.2, 0) is 4.74 Å². The number of nitrogens with one attached hydrogen (secondary N) is 1. The van der Waals surface area contributed by atoms with E-state index in [0.717, 1.165) is 36.4 Å². The Morgan fingerprint density at radius 3 is 3.00 bits per heavy atom. The smallest absolute Gasteiger partial charge is 0.0994 e. The Morgan fingerprint density at radius 2 is 2.33 bits per heavy atom. The van der Waals surface area contributed by atoms with Crippen LogP contribution in [0, 0.1) is 18.3 Å². The lowest BCUT2D eigenvalue weighted by atomic mass is 10.1. The van der Waals surface area contributed by atoms with Gasteiger partial charge in [0.2, 0.25) is 0 Å². The Balaban J connectivity index is 1.79. The summed E-state index contributed by atoms with van der Waals surface area (Å²) in [4.78, 5) is 0. The molecule has 0 aliphatic carbocycles. The van der Waals surface area contributed by atoms with E-state index in [1.165, 1.54) is 19.3 Å². The fraction of sp³-hybridized carbons (Fsp3) is 0.533. The molecule has 1 heterocycles. The van der Waals surface area contributed by atoms with Crippen LogP contribution in [0.1, 0.15) is 36.8 Å². The zero-order valence-corrected chi connectivity index (χ0v) is 10.9. The Kier molecular flexibility index (Phi) is 4.60. The van der Waals surface area contributed by atoms with E-state index in [9.17, 15) is 0 Å². The largest absolute Gasteiger partial charge is 0.385 e. The molecule has 1 fully saturated rings. The molecule has 18 heavy (non-hydrogen) atoms. The number of ether oxygens (including phenoxy) is 1. The maximum atomic E-state index is 8.87. The van der Waals surface area contributed by atoms with Gasteiger partial charge < -0.3 is 10.1 Å². The maximum Gasteiger partial charge on any atom is 0.0994 e. The van der Waals surface area contributed by atoms with Gasteiger partial charge >= 0.3 is 0 Å². The quantitative estimate of drug-likeness (QED) is 0.884. The highest BCUT2D eigenvalue weighted by Gasteiger charge is 2.12. The Hall–Kier alpha value is -1.53. The van der Waals surface area contributed by atoms with Crippen molar-refractivity contribution in [1.82, 2.24) is 0 Å². The summed E-state index contributed by atoms with van der Waals surface area (Å²) in [5.74, 6) is 0. The standard InChI is InChI=1S/C15H20N2O/c1-12-10-14(6-5-13(12)11-16)17-8-7-15-4-2-3-9-18-15/h5-6,10,15,17H,2-4,7-9H2,1H3. The summed E-state index contributed by atoms with van der Waals surface area (Å²) in [6.07, 6.45) is 5.16. The zero-order chi connectivity index (χ0) is 12.8. The third-order valence-electron chi connectivity index (χ3n) is 3.42. The van der Waals surface area contributed by atoms with Crippen LogP contribution in [0.2, 0.25) is 0 Å². The average molecular weight is 244 g/mol. The van der Waals surface area contributed by atoms with Crippen molar-refractivity contribution in [2.75, 3.05) is 18.5 Å². The molecule has 1 aromatic carbocycles. The van der Waals surface area contributed by atoms with Gasteiger partial charge in [0.25, 0.3) is 0 Å². The Labute approximate surface area is 109 Å². The molecular formula is C15H20N2O.